The molecule has 2 unspecified atom stereocenters. The van der Waals surface area contributed by atoms with Crippen LogP contribution >= 0.6 is 0 Å². The summed E-state index contributed by atoms with van der Waals surface area (Å²) in [6.45, 7) is 11.5. The molecule has 21 heavy (non-hydrogen) atoms. The molecule has 1 saturated heterocycles. The van der Waals surface area contributed by atoms with Gasteiger partial charge in [-0.05, 0) is 41.5 Å². The van der Waals surface area contributed by atoms with Crippen LogP contribution in [-0.4, -0.2) is 48.7 Å². The summed E-state index contributed by atoms with van der Waals surface area (Å²) in [5, 5.41) is 5.25. The van der Waals surface area contributed by atoms with Crippen molar-refractivity contribution in [1.29, 1.82) is 0 Å². The molecular formula is C14H26N2O5. The summed E-state index contributed by atoms with van der Waals surface area (Å²) < 4.78 is 15.6. The first-order chi connectivity index (χ1) is 9.46. The molecule has 7 nitrogen and oxygen atoms in total. The van der Waals surface area contributed by atoms with Gasteiger partial charge in [0, 0.05) is 13.1 Å². The largest absolute Gasteiger partial charge is 0.444 e. The lowest BCUT2D eigenvalue weighted by Crippen LogP contribution is -2.37. The van der Waals surface area contributed by atoms with Gasteiger partial charge in [-0.2, -0.15) is 0 Å². The lowest BCUT2D eigenvalue weighted by atomic mass is 10.2. The summed E-state index contributed by atoms with van der Waals surface area (Å²) in [4.78, 5) is 22.9. The summed E-state index contributed by atoms with van der Waals surface area (Å²) in [6.07, 6.45) is -1.16. The number of hydrogen-bond donors (Lipinski definition) is 2. The van der Waals surface area contributed by atoms with Crippen LogP contribution in [-0.2, 0) is 14.2 Å². The fourth-order valence-corrected chi connectivity index (χ4v) is 1.53. The summed E-state index contributed by atoms with van der Waals surface area (Å²) in [5.41, 5.74) is -1.04. The van der Waals surface area contributed by atoms with Crippen LogP contribution in [0.3, 0.4) is 0 Å². The van der Waals surface area contributed by atoms with Gasteiger partial charge in [0.1, 0.15) is 23.4 Å². The summed E-state index contributed by atoms with van der Waals surface area (Å²) in [6, 6.07) is 0. The minimum absolute atomic E-state index is 0.104. The standard InChI is InChI=1S/C14H26N2O5/c1-13(2,3)20-11(17)15-7-9-10(19-9)8-16-12(18)21-14(4,5)6/h9-10H,7-8H2,1-6H3,(H,15,17)(H,16,18). The quantitative estimate of drug-likeness (QED) is 0.773. The Morgan fingerprint density at radius 1 is 0.857 bits per heavy atom. The van der Waals surface area contributed by atoms with Crippen LogP contribution in [0.2, 0.25) is 0 Å². The molecule has 2 atom stereocenters. The monoisotopic (exact) mass is 302 g/mol. The molecule has 0 saturated carbocycles. The summed E-state index contributed by atoms with van der Waals surface area (Å²) in [5.74, 6) is 0. The fraction of sp³-hybridized carbons (Fsp3) is 0.857. The minimum atomic E-state index is -0.522. The zero-order chi connectivity index (χ0) is 16.3. The molecule has 1 aliphatic rings. The van der Waals surface area contributed by atoms with E-state index >= 15 is 0 Å². The Labute approximate surface area is 125 Å². The lowest BCUT2D eigenvalue weighted by molar-refractivity contribution is 0.0512. The molecule has 0 bridgehead atoms. The van der Waals surface area contributed by atoms with Crippen molar-refractivity contribution in [2.45, 2.75) is 65.0 Å². The summed E-state index contributed by atoms with van der Waals surface area (Å²) >= 11 is 0. The zero-order valence-corrected chi connectivity index (χ0v) is 13.6. The normalized spacial score (nSPS) is 21.4. The first kappa shape index (κ1) is 17.6. The maximum atomic E-state index is 11.4. The molecule has 1 fully saturated rings. The van der Waals surface area contributed by atoms with Crippen molar-refractivity contribution in [1.82, 2.24) is 10.6 Å². The van der Waals surface area contributed by atoms with E-state index in [0.29, 0.717) is 13.1 Å². The Balaban J connectivity index is 2.12. The van der Waals surface area contributed by atoms with E-state index in [1.165, 1.54) is 0 Å². The number of hydrogen-bond acceptors (Lipinski definition) is 5. The third-order valence-corrected chi connectivity index (χ3v) is 2.38. The third-order valence-electron chi connectivity index (χ3n) is 2.38. The molecule has 2 amide bonds. The Hall–Kier alpha value is -1.50. The second-order valence-corrected chi connectivity index (χ2v) is 6.98. The molecule has 1 rings (SSSR count). The van der Waals surface area contributed by atoms with E-state index in [2.05, 4.69) is 10.6 Å². The number of rotatable bonds is 4. The number of epoxide rings is 1. The zero-order valence-electron chi connectivity index (χ0n) is 13.6. The van der Waals surface area contributed by atoms with Crippen LogP contribution in [0.4, 0.5) is 9.59 Å². The molecule has 122 valence electrons. The fourth-order valence-electron chi connectivity index (χ4n) is 1.53. The topological polar surface area (TPSA) is 89.2 Å². The highest BCUT2D eigenvalue weighted by molar-refractivity contribution is 5.68. The van der Waals surface area contributed by atoms with E-state index < -0.39 is 23.4 Å². The predicted molar refractivity (Wildman–Crippen MR) is 77.1 cm³/mol. The van der Waals surface area contributed by atoms with Crippen molar-refractivity contribution >= 4 is 12.2 Å². The van der Waals surface area contributed by atoms with E-state index in [1.807, 2.05) is 0 Å². The number of alkyl carbamates (subject to hydrolysis) is 2. The molecule has 2 N–H and O–H groups in total. The van der Waals surface area contributed by atoms with Crippen molar-refractivity contribution in [3.05, 3.63) is 0 Å². The van der Waals surface area contributed by atoms with Gasteiger partial charge in [0.15, 0.2) is 0 Å². The van der Waals surface area contributed by atoms with E-state index in [0.717, 1.165) is 0 Å². The van der Waals surface area contributed by atoms with Crippen LogP contribution in [0.1, 0.15) is 41.5 Å². The number of nitrogens with one attached hydrogen (secondary N) is 2. The number of ether oxygens (including phenoxy) is 3. The second-order valence-electron chi connectivity index (χ2n) is 6.98. The van der Waals surface area contributed by atoms with Crippen LogP contribution in [0.25, 0.3) is 0 Å². The van der Waals surface area contributed by atoms with Crippen molar-refractivity contribution in [2.75, 3.05) is 13.1 Å². The van der Waals surface area contributed by atoms with Gasteiger partial charge in [0.2, 0.25) is 0 Å². The van der Waals surface area contributed by atoms with E-state index in [-0.39, 0.29) is 12.2 Å². The van der Waals surface area contributed by atoms with Gasteiger partial charge >= 0.3 is 12.2 Å². The molecule has 0 aromatic rings. The number of carbonyl (C=O) groups excluding carboxylic acids is 2. The average Bonchev–Trinajstić information content (AvgIpc) is 2.97. The van der Waals surface area contributed by atoms with Crippen molar-refractivity contribution in [3.8, 4) is 0 Å². The van der Waals surface area contributed by atoms with Gasteiger partial charge in [-0.3, -0.25) is 0 Å². The Morgan fingerprint density at radius 2 is 1.19 bits per heavy atom. The van der Waals surface area contributed by atoms with Crippen LogP contribution in [0.15, 0.2) is 0 Å². The number of carbonyl (C=O) groups is 2. The van der Waals surface area contributed by atoms with Crippen molar-refractivity contribution in [2.24, 2.45) is 0 Å². The van der Waals surface area contributed by atoms with E-state index in [4.69, 9.17) is 14.2 Å². The molecule has 7 heteroatoms. The van der Waals surface area contributed by atoms with Gasteiger partial charge < -0.3 is 24.8 Å². The molecule has 1 heterocycles. The smallest absolute Gasteiger partial charge is 0.407 e. The highest BCUT2D eigenvalue weighted by Gasteiger charge is 2.39. The predicted octanol–water partition coefficient (Wildman–Crippen LogP) is 1.80. The highest BCUT2D eigenvalue weighted by Crippen LogP contribution is 2.20. The molecule has 0 radical (unpaired) electrons. The van der Waals surface area contributed by atoms with E-state index in [1.54, 1.807) is 41.5 Å². The van der Waals surface area contributed by atoms with Crippen LogP contribution < -0.4 is 10.6 Å². The van der Waals surface area contributed by atoms with Crippen molar-refractivity contribution < 1.29 is 23.8 Å². The first-order valence-electron chi connectivity index (χ1n) is 7.05. The SMILES string of the molecule is CC(C)(C)OC(=O)NCC1OC1CNC(=O)OC(C)(C)C. The van der Waals surface area contributed by atoms with Gasteiger partial charge in [-0.15, -0.1) is 0 Å². The van der Waals surface area contributed by atoms with Gasteiger partial charge in [0.25, 0.3) is 0 Å². The first-order valence-corrected chi connectivity index (χ1v) is 7.05. The molecule has 0 aromatic heterocycles. The maximum absolute atomic E-state index is 11.4. The van der Waals surface area contributed by atoms with E-state index in [9.17, 15) is 9.59 Å². The Bertz CT molecular complexity index is 348. The van der Waals surface area contributed by atoms with Gasteiger partial charge in [0.05, 0.1) is 0 Å². The molecule has 0 spiro atoms. The lowest BCUT2D eigenvalue weighted by Gasteiger charge is -2.19. The van der Waals surface area contributed by atoms with Gasteiger partial charge in [-0.25, -0.2) is 9.59 Å². The average molecular weight is 302 g/mol. The highest BCUT2D eigenvalue weighted by atomic mass is 16.6. The molecule has 0 aromatic carbocycles. The van der Waals surface area contributed by atoms with Gasteiger partial charge in [-0.1, -0.05) is 0 Å². The molecular weight excluding hydrogens is 276 g/mol. The third kappa shape index (κ3) is 8.39. The Kier molecular flexibility index (Phi) is 5.44. The number of amides is 2. The van der Waals surface area contributed by atoms with Crippen LogP contribution in [0.5, 0.6) is 0 Å². The maximum Gasteiger partial charge on any atom is 0.407 e. The summed E-state index contributed by atoms with van der Waals surface area (Å²) in [7, 11) is 0. The second kappa shape index (κ2) is 6.51. The van der Waals surface area contributed by atoms with Crippen molar-refractivity contribution in [3.63, 3.8) is 0 Å². The van der Waals surface area contributed by atoms with Crippen LogP contribution in [0, 0.1) is 0 Å². The molecule has 0 aliphatic carbocycles. The Morgan fingerprint density at radius 3 is 1.48 bits per heavy atom. The molecule has 1 aliphatic heterocycles. The minimum Gasteiger partial charge on any atom is -0.444 e.